The molecular weight excluding hydrogens is 188 g/mol. The van der Waals surface area contributed by atoms with Crippen LogP contribution < -0.4 is 0 Å². The number of carboxylic acids is 1. The second kappa shape index (κ2) is 3.17. The molecule has 0 fully saturated rings. The first-order chi connectivity index (χ1) is 4.06. The molecule has 0 aromatic heterocycles. The fourth-order valence-electron chi connectivity index (χ4n) is 0.383. The first-order valence-corrected chi connectivity index (χ1v) is 3.33. The van der Waals surface area contributed by atoms with Gasteiger partial charge in [0.15, 0.2) is 0 Å². The van der Waals surface area contributed by atoms with Crippen molar-refractivity contribution in [1.29, 1.82) is 0 Å². The van der Waals surface area contributed by atoms with E-state index in [0.717, 1.165) is 0 Å². The smallest absolute Gasteiger partial charge is 0.347 e. The molecule has 54 valence electrons. The SMILES string of the molecule is CCC(Br)(OC)C(=O)O. The zero-order valence-electron chi connectivity index (χ0n) is 5.35. The second-order valence-electron chi connectivity index (χ2n) is 1.59. The van der Waals surface area contributed by atoms with Gasteiger partial charge in [-0.15, -0.1) is 0 Å². The number of carboxylic acid groups (broad SMARTS) is 1. The highest BCUT2D eigenvalue weighted by molar-refractivity contribution is 9.10. The van der Waals surface area contributed by atoms with Crippen molar-refractivity contribution in [1.82, 2.24) is 0 Å². The van der Waals surface area contributed by atoms with Crippen LogP contribution in [0.2, 0.25) is 0 Å². The zero-order valence-corrected chi connectivity index (χ0v) is 6.93. The van der Waals surface area contributed by atoms with E-state index < -0.39 is 10.5 Å². The molecule has 0 spiro atoms. The van der Waals surface area contributed by atoms with Crippen LogP contribution in [0.5, 0.6) is 0 Å². The lowest BCUT2D eigenvalue weighted by molar-refractivity contribution is -0.151. The van der Waals surface area contributed by atoms with E-state index in [0.29, 0.717) is 6.42 Å². The van der Waals surface area contributed by atoms with Gasteiger partial charge in [0, 0.05) is 7.11 Å². The van der Waals surface area contributed by atoms with Gasteiger partial charge in [0.25, 0.3) is 0 Å². The average molecular weight is 197 g/mol. The molecule has 1 unspecified atom stereocenters. The Kier molecular flexibility index (Phi) is 3.14. The Bertz CT molecular complexity index is 109. The van der Waals surface area contributed by atoms with Crippen LogP contribution in [0.25, 0.3) is 0 Å². The minimum atomic E-state index is -1.19. The Morgan fingerprint density at radius 1 is 1.89 bits per heavy atom. The molecule has 0 aliphatic carbocycles. The molecule has 0 rings (SSSR count). The van der Waals surface area contributed by atoms with E-state index in [4.69, 9.17) is 5.11 Å². The third-order valence-electron chi connectivity index (χ3n) is 1.10. The van der Waals surface area contributed by atoms with Gasteiger partial charge in [-0.3, -0.25) is 0 Å². The van der Waals surface area contributed by atoms with Crippen molar-refractivity contribution < 1.29 is 14.6 Å². The molecule has 1 atom stereocenters. The molecular formula is C5H9BrO3. The second-order valence-corrected chi connectivity index (χ2v) is 2.87. The lowest BCUT2D eigenvalue weighted by Crippen LogP contribution is -2.32. The highest BCUT2D eigenvalue weighted by atomic mass is 79.9. The summed E-state index contributed by atoms with van der Waals surface area (Å²) in [5, 5.41) is 8.46. The molecule has 0 saturated heterocycles. The molecule has 1 N–H and O–H groups in total. The summed E-state index contributed by atoms with van der Waals surface area (Å²) in [7, 11) is 1.35. The molecule has 0 bridgehead atoms. The van der Waals surface area contributed by atoms with Gasteiger partial charge in [-0.2, -0.15) is 0 Å². The molecule has 0 aliphatic rings. The Morgan fingerprint density at radius 2 is 2.33 bits per heavy atom. The maximum Gasteiger partial charge on any atom is 0.347 e. The fourth-order valence-corrected chi connectivity index (χ4v) is 0.383. The number of rotatable bonds is 3. The van der Waals surface area contributed by atoms with Crippen LogP contribution in [-0.4, -0.2) is 22.7 Å². The molecule has 0 aromatic rings. The first kappa shape index (κ1) is 8.91. The van der Waals surface area contributed by atoms with E-state index in [1.165, 1.54) is 7.11 Å². The third kappa shape index (κ3) is 1.95. The highest BCUT2D eigenvalue weighted by Crippen LogP contribution is 2.22. The Balaban J connectivity index is 4.09. The van der Waals surface area contributed by atoms with Crippen molar-refractivity contribution in [2.24, 2.45) is 0 Å². The van der Waals surface area contributed by atoms with Gasteiger partial charge in [0.2, 0.25) is 4.51 Å². The van der Waals surface area contributed by atoms with Gasteiger partial charge in [-0.1, -0.05) is 6.92 Å². The van der Waals surface area contributed by atoms with E-state index in [1.54, 1.807) is 6.92 Å². The Morgan fingerprint density at radius 3 is 2.33 bits per heavy atom. The van der Waals surface area contributed by atoms with Gasteiger partial charge in [0.05, 0.1) is 0 Å². The summed E-state index contributed by atoms with van der Waals surface area (Å²) in [5.74, 6) is -0.993. The van der Waals surface area contributed by atoms with Crippen molar-refractivity contribution in [2.45, 2.75) is 17.9 Å². The van der Waals surface area contributed by atoms with Crippen molar-refractivity contribution in [3.63, 3.8) is 0 Å². The maximum atomic E-state index is 10.3. The summed E-state index contributed by atoms with van der Waals surface area (Å²) in [4.78, 5) is 10.3. The van der Waals surface area contributed by atoms with Crippen LogP contribution in [0.4, 0.5) is 0 Å². The summed E-state index contributed by atoms with van der Waals surface area (Å²) in [6.45, 7) is 1.73. The lowest BCUT2D eigenvalue weighted by atomic mass is 10.3. The molecule has 4 heteroatoms. The van der Waals surface area contributed by atoms with Gasteiger partial charge >= 0.3 is 5.97 Å². The normalized spacial score (nSPS) is 16.8. The van der Waals surface area contributed by atoms with Crippen LogP contribution in [0.3, 0.4) is 0 Å². The van der Waals surface area contributed by atoms with Gasteiger partial charge in [0.1, 0.15) is 0 Å². The van der Waals surface area contributed by atoms with E-state index in [-0.39, 0.29) is 0 Å². The summed E-state index contributed by atoms with van der Waals surface area (Å²) < 4.78 is 3.48. The molecule has 0 aliphatic heterocycles. The minimum absolute atomic E-state index is 0.402. The van der Waals surface area contributed by atoms with E-state index in [9.17, 15) is 4.79 Å². The average Bonchev–Trinajstić information content (AvgIpc) is 1.86. The van der Waals surface area contributed by atoms with Gasteiger partial charge in [-0.25, -0.2) is 4.79 Å². The van der Waals surface area contributed by atoms with Crippen LogP contribution in [-0.2, 0) is 9.53 Å². The number of hydrogen-bond acceptors (Lipinski definition) is 2. The Hall–Kier alpha value is -0.0900. The summed E-state index contributed by atoms with van der Waals surface area (Å²) >= 11 is 2.93. The number of alkyl halides is 1. The summed E-state index contributed by atoms with van der Waals surface area (Å²) in [6.07, 6.45) is 0.402. The molecule has 9 heavy (non-hydrogen) atoms. The fraction of sp³-hybridized carbons (Fsp3) is 0.800. The number of halogens is 1. The number of aliphatic carboxylic acids is 1. The third-order valence-corrected chi connectivity index (χ3v) is 2.32. The van der Waals surface area contributed by atoms with Crippen molar-refractivity contribution in [3.05, 3.63) is 0 Å². The lowest BCUT2D eigenvalue weighted by Gasteiger charge is -2.17. The molecule has 3 nitrogen and oxygen atoms in total. The monoisotopic (exact) mass is 196 g/mol. The molecule has 0 saturated carbocycles. The summed E-state index contributed by atoms with van der Waals surface area (Å²) in [5.41, 5.74) is 0. The maximum absolute atomic E-state index is 10.3. The Labute approximate surface area is 62.1 Å². The van der Waals surface area contributed by atoms with Gasteiger partial charge in [-0.05, 0) is 22.4 Å². The minimum Gasteiger partial charge on any atom is -0.478 e. The van der Waals surface area contributed by atoms with E-state index in [1.807, 2.05) is 0 Å². The standard InChI is InChI=1S/C5H9BrO3/c1-3-5(6,9-2)4(7)8/h3H2,1-2H3,(H,7,8). The van der Waals surface area contributed by atoms with Gasteiger partial charge < -0.3 is 9.84 Å². The molecule has 0 amide bonds. The van der Waals surface area contributed by atoms with Crippen molar-refractivity contribution in [2.75, 3.05) is 7.11 Å². The predicted octanol–water partition coefficient (Wildman–Crippen LogP) is 1.22. The van der Waals surface area contributed by atoms with Crippen LogP contribution in [0.1, 0.15) is 13.3 Å². The summed E-state index contributed by atoms with van der Waals surface area (Å²) in [6, 6.07) is 0. The number of hydrogen-bond donors (Lipinski definition) is 1. The van der Waals surface area contributed by atoms with Crippen LogP contribution >= 0.6 is 15.9 Å². The van der Waals surface area contributed by atoms with Crippen LogP contribution in [0, 0.1) is 0 Å². The number of carbonyl (C=O) groups is 1. The zero-order chi connectivity index (χ0) is 7.49. The number of ether oxygens (including phenoxy) is 1. The quantitative estimate of drug-likeness (QED) is 0.691. The molecule has 0 heterocycles. The van der Waals surface area contributed by atoms with Crippen LogP contribution in [0.15, 0.2) is 0 Å². The molecule has 0 aromatic carbocycles. The topological polar surface area (TPSA) is 46.5 Å². The largest absolute Gasteiger partial charge is 0.478 e. The van der Waals surface area contributed by atoms with Crippen molar-refractivity contribution in [3.8, 4) is 0 Å². The first-order valence-electron chi connectivity index (χ1n) is 2.54. The van der Waals surface area contributed by atoms with E-state index >= 15 is 0 Å². The molecule has 0 radical (unpaired) electrons. The van der Waals surface area contributed by atoms with Crippen molar-refractivity contribution >= 4 is 21.9 Å². The highest BCUT2D eigenvalue weighted by Gasteiger charge is 2.32. The predicted molar refractivity (Wildman–Crippen MR) is 36.6 cm³/mol. The van der Waals surface area contributed by atoms with E-state index in [2.05, 4.69) is 20.7 Å². The number of methoxy groups -OCH3 is 1.